The highest BCUT2D eigenvalue weighted by atomic mass is 35.5. The second kappa shape index (κ2) is 7.85. The van der Waals surface area contributed by atoms with Crippen LogP contribution in [0.5, 0.6) is 0 Å². The Morgan fingerprint density at radius 3 is 2.69 bits per heavy atom. The molecule has 0 radical (unpaired) electrons. The van der Waals surface area contributed by atoms with Gasteiger partial charge in [-0.2, -0.15) is 0 Å². The summed E-state index contributed by atoms with van der Waals surface area (Å²) in [6.45, 7) is 3.45. The van der Waals surface area contributed by atoms with Crippen molar-refractivity contribution >= 4 is 29.0 Å². The van der Waals surface area contributed by atoms with Gasteiger partial charge in [0.15, 0.2) is 0 Å². The molecule has 0 spiro atoms. The molecule has 1 aromatic heterocycles. The summed E-state index contributed by atoms with van der Waals surface area (Å²) in [4.78, 5) is 18.4. The summed E-state index contributed by atoms with van der Waals surface area (Å²) < 4.78 is 16.1. The number of halogens is 2. The summed E-state index contributed by atoms with van der Waals surface area (Å²) in [6, 6.07) is 12.6. The van der Waals surface area contributed by atoms with Gasteiger partial charge in [0.25, 0.3) is 0 Å². The van der Waals surface area contributed by atoms with Crippen molar-refractivity contribution in [2.45, 2.75) is 20.0 Å². The largest absolute Gasteiger partial charge is 0.340 e. The maximum atomic E-state index is 14.1. The summed E-state index contributed by atoms with van der Waals surface area (Å²) in [5, 5.41) is 3.48. The number of carbonyl (C=O) groups is 1. The van der Waals surface area contributed by atoms with Gasteiger partial charge in [-0.15, -0.1) is 0 Å². The molecule has 0 fully saturated rings. The summed E-state index contributed by atoms with van der Waals surface area (Å²) in [7, 11) is 0. The van der Waals surface area contributed by atoms with E-state index in [2.05, 4.69) is 5.32 Å². The van der Waals surface area contributed by atoms with Crippen LogP contribution in [0.15, 0.2) is 42.5 Å². The zero-order chi connectivity index (χ0) is 20.5. The van der Waals surface area contributed by atoms with Crippen molar-refractivity contribution in [3.8, 4) is 11.3 Å². The van der Waals surface area contributed by atoms with Gasteiger partial charge < -0.3 is 20.5 Å². The van der Waals surface area contributed by atoms with Crippen LogP contribution in [-0.2, 0) is 17.9 Å². The number of aryl methyl sites for hydroxylation is 1. The molecule has 3 aromatic rings. The second-order valence-electron chi connectivity index (χ2n) is 7.02. The predicted octanol–water partition coefficient (Wildman–Crippen LogP) is 3.70. The van der Waals surface area contributed by atoms with Gasteiger partial charge in [-0.3, -0.25) is 4.79 Å². The van der Waals surface area contributed by atoms with Crippen molar-refractivity contribution in [1.29, 1.82) is 0 Å². The number of benzene rings is 2. The lowest BCUT2D eigenvalue weighted by atomic mass is 10.1. The molecule has 1 amide bonds. The summed E-state index contributed by atoms with van der Waals surface area (Å²) >= 11 is 5.85. The molecule has 8 heteroatoms. The summed E-state index contributed by atoms with van der Waals surface area (Å²) in [5.74, 6) is 0.853. The topological polar surface area (TPSA) is 76.2 Å². The Hall–Kier alpha value is -2.90. The number of fused-ring (bicyclic) bond motifs is 1. The van der Waals surface area contributed by atoms with E-state index in [1.54, 1.807) is 11.0 Å². The molecule has 3 N–H and O–H groups in total. The summed E-state index contributed by atoms with van der Waals surface area (Å²) in [5.41, 5.74) is 8.78. The lowest BCUT2D eigenvalue weighted by molar-refractivity contribution is -0.131. The minimum absolute atomic E-state index is 0.0373. The molecule has 0 unspecified atom stereocenters. The number of hydrogen-bond acceptors (Lipinski definition) is 4. The van der Waals surface area contributed by atoms with Crippen LogP contribution < -0.4 is 11.1 Å². The average Bonchev–Trinajstić information content (AvgIpc) is 3.08. The van der Waals surface area contributed by atoms with Crippen LogP contribution in [0.25, 0.3) is 11.3 Å². The molecule has 6 nitrogen and oxygen atoms in total. The van der Waals surface area contributed by atoms with Gasteiger partial charge in [-0.05, 0) is 31.2 Å². The first-order valence-corrected chi connectivity index (χ1v) is 9.70. The van der Waals surface area contributed by atoms with Crippen molar-refractivity contribution in [3.05, 3.63) is 64.7 Å². The van der Waals surface area contributed by atoms with Crippen molar-refractivity contribution in [1.82, 2.24) is 14.5 Å². The van der Waals surface area contributed by atoms with Crippen LogP contribution in [0.4, 0.5) is 15.9 Å². The number of nitrogens with zero attached hydrogens (tertiary/aromatic N) is 3. The van der Waals surface area contributed by atoms with Crippen LogP contribution in [0.3, 0.4) is 0 Å². The monoisotopic (exact) mass is 413 g/mol. The van der Waals surface area contributed by atoms with Crippen molar-refractivity contribution < 1.29 is 9.18 Å². The Kier molecular flexibility index (Phi) is 5.25. The van der Waals surface area contributed by atoms with E-state index in [0.717, 1.165) is 22.9 Å². The highest BCUT2D eigenvalue weighted by Gasteiger charge is 2.26. The third kappa shape index (κ3) is 3.83. The van der Waals surface area contributed by atoms with Gasteiger partial charge in [0.2, 0.25) is 5.91 Å². The molecule has 0 aliphatic carbocycles. The van der Waals surface area contributed by atoms with E-state index in [0.29, 0.717) is 30.9 Å². The minimum atomic E-state index is -0.503. The van der Waals surface area contributed by atoms with E-state index >= 15 is 0 Å². The first kappa shape index (κ1) is 19.4. The van der Waals surface area contributed by atoms with Gasteiger partial charge in [0.05, 0.1) is 18.1 Å². The number of imidazole rings is 1. The van der Waals surface area contributed by atoms with E-state index in [1.807, 2.05) is 35.8 Å². The van der Waals surface area contributed by atoms with E-state index in [9.17, 15) is 9.18 Å². The number of aromatic nitrogens is 2. The smallest absolute Gasteiger partial charge is 0.236 e. The normalized spacial score (nSPS) is 13.3. The maximum Gasteiger partial charge on any atom is 0.236 e. The Morgan fingerprint density at radius 1 is 1.24 bits per heavy atom. The number of nitrogens with two attached hydrogens (primary N) is 1. The standard InChI is InChI=1S/C21H21ClFN5O/c1-13-2-5-15(6-3-13)25-21-20(14-4-7-16(22)17(23)10-14)26-18-12-27(19(29)11-24)8-9-28(18)21/h2-7,10,25H,8-9,11-12,24H2,1H3. The van der Waals surface area contributed by atoms with Crippen LogP contribution >= 0.6 is 11.6 Å². The number of nitrogens with one attached hydrogen (secondary N) is 1. The Morgan fingerprint density at radius 2 is 2.00 bits per heavy atom. The molecule has 0 saturated heterocycles. The fourth-order valence-electron chi connectivity index (χ4n) is 3.42. The lowest BCUT2D eigenvalue weighted by Gasteiger charge is -2.28. The molecule has 150 valence electrons. The van der Waals surface area contributed by atoms with Crippen molar-refractivity contribution in [3.63, 3.8) is 0 Å². The zero-order valence-electron chi connectivity index (χ0n) is 16.0. The number of amides is 1. The first-order valence-electron chi connectivity index (χ1n) is 9.32. The zero-order valence-corrected chi connectivity index (χ0v) is 16.7. The van der Waals surface area contributed by atoms with Gasteiger partial charge in [-0.1, -0.05) is 35.4 Å². The van der Waals surface area contributed by atoms with Crippen molar-refractivity contribution in [2.24, 2.45) is 5.73 Å². The number of anilines is 2. The molecule has 0 atom stereocenters. The van der Waals surface area contributed by atoms with E-state index in [-0.39, 0.29) is 17.5 Å². The van der Waals surface area contributed by atoms with Crippen LogP contribution in [0.2, 0.25) is 5.02 Å². The average molecular weight is 414 g/mol. The van der Waals surface area contributed by atoms with Gasteiger partial charge in [0.1, 0.15) is 23.2 Å². The van der Waals surface area contributed by atoms with Gasteiger partial charge in [-0.25, -0.2) is 9.37 Å². The molecular weight excluding hydrogens is 393 g/mol. The molecule has 0 saturated carbocycles. The fraction of sp³-hybridized carbons (Fsp3) is 0.238. The van der Waals surface area contributed by atoms with Crippen LogP contribution in [0.1, 0.15) is 11.4 Å². The molecule has 1 aliphatic heterocycles. The Balaban J connectivity index is 1.78. The maximum absolute atomic E-state index is 14.1. The third-order valence-electron chi connectivity index (χ3n) is 5.01. The predicted molar refractivity (Wildman–Crippen MR) is 112 cm³/mol. The number of carbonyl (C=O) groups excluding carboxylic acids is 1. The SMILES string of the molecule is Cc1ccc(Nc2c(-c3ccc(Cl)c(F)c3)nc3n2CCN(C(=O)CN)C3)cc1. The number of rotatable bonds is 4. The summed E-state index contributed by atoms with van der Waals surface area (Å²) in [6.07, 6.45) is 0. The Labute approximate surface area is 173 Å². The molecule has 29 heavy (non-hydrogen) atoms. The molecule has 4 rings (SSSR count). The second-order valence-corrected chi connectivity index (χ2v) is 7.42. The highest BCUT2D eigenvalue weighted by molar-refractivity contribution is 6.30. The van der Waals surface area contributed by atoms with E-state index in [1.165, 1.54) is 12.1 Å². The van der Waals surface area contributed by atoms with Crippen LogP contribution in [0, 0.1) is 12.7 Å². The first-order chi connectivity index (χ1) is 14.0. The third-order valence-corrected chi connectivity index (χ3v) is 5.31. The highest BCUT2D eigenvalue weighted by Crippen LogP contribution is 2.34. The molecule has 2 heterocycles. The number of hydrogen-bond donors (Lipinski definition) is 2. The van der Waals surface area contributed by atoms with Crippen LogP contribution in [-0.4, -0.2) is 33.4 Å². The molecule has 1 aliphatic rings. The molecule has 2 aromatic carbocycles. The quantitative estimate of drug-likeness (QED) is 0.683. The minimum Gasteiger partial charge on any atom is -0.340 e. The molecular formula is C21H21ClFN5O. The lowest BCUT2D eigenvalue weighted by Crippen LogP contribution is -2.41. The van der Waals surface area contributed by atoms with Gasteiger partial charge in [0, 0.05) is 24.3 Å². The van der Waals surface area contributed by atoms with Crippen molar-refractivity contribution in [2.75, 3.05) is 18.4 Å². The van der Waals surface area contributed by atoms with E-state index in [4.69, 9.17) is 22.3 Å². The fourth-order valence-corrected chi connectivity index (χ4v) is 3.54. The van der Waals surface area contributed by atoms with E-state index < -0.39 is 5.82 Å². The molecule has 0 bridgehead atoms. The Bertz CT molecular complexity index is 1060. The van der Waals surface area contributed by atoms with Gasteiger partial charge >= 0.3 is 0 Å².